The SMILES string of the molecule is COc1ccccc1N(CC(=O)N(Cc1ccccc1F)[C@@H](Cc1ccccc1)C(=O)NC(C)C)S(=O)(=O)c1ccc(C)cc1. The lowest BCUT2D eigenvalue weighted by Gasteiger charge is -2.34. The Morgan fingerprint density at radius 1 is 0.867 bits per heavy atom. The van der Waals surface area contributed by atoms with Crippen molar-refractivity contribution in [1.29, 1.82) is 0 Å². The second-order valence-electron chi connectivity index (χ2n) is 11.0. The van der Waals surface area contributed by atoms with Gasteiger partial charge in [-0.1, -0.05) is 78.4 Å². The van der Waals surface area contributed by atoms with E-state index >= 15 is 4.39 Å². The quantitative estimate of drug-likeness (QED) is 0.210. The smallest absolute Gasteiger partial charge is 0.264 e. The lowest BCUT2D eigenvalue weighted by Crippen LogP contribution is -2.54. The van der Waals surface area contributed by atoms with Crippen LogP contribution in [0, 0.1) is 12.7 Å². The number of halogens is 1. The van der Waals surface area contributed by atoms with Gasteiger partial charge in [-0.2, -0.15) is 0 Å². The molecule has 0 bridgehead atoms. The number of nitrogens with one attached hydrogen (secondary N) is 1. The summed E-state index contributed by atoms with van der Waals surface area (Å²) in [4.78, 5) is 29.4. The normalized spacial score (nSPS) is 12.0. The van der Waals surface area contributed by atoms with Crippen LogP contribution in [0.25, 0.3) is 0 Å². The van der Waals surface area contributed by atoms with Crippen molar-refractivity contribution in [2.24, 2.45) is 0 Å². The predicted molar refractivity (Wildman–Crippen MR) is 173 cm³/mol. The van der Waals surface area contributed by atoms with E-state index in [-0.39, 0.29) is 40.9 Å². The largest absolute Gasteiger partial charge is 0.495 e. The van der Waals surface area contributed by atoms with Gasteiger partial charge in [0.2, 0.25) is 11.8 Å². The molecule has 0 heterocycles. The Bertz CT molecular complexity index is 1710. The first-order valence-electron chi connectivity index (χ1n) is 14.6. The fraction of sp³-hybridized carbons (Fsp3) is 0.257. The first-order valence-corrected chi connectivity index (χ1v) is 16.0. The molecule has 10 heteroatoms. The van der Waals surface area contributed by atoms with Crippen LogP contribution in [-0.2, 0) is 32.6 Å². The van der Waals surface area contributed by atoms with Gasteiger partial charge in [-0.3, -0.25) is 13.9 Å². The summed E-state index contributed by atoms with van der Waals surface area (Å²) in [5, 5.41) is 2.89. The van der Waals surface area contributed by atoms with Gasteiger partial charge in [0.25, 0.3) is 10.0 Å². The summed E-state index contributed by atoms with van der Waals surface area (Å²) < 4.78 is 49.9. The third kappa shape index (κ3) is 8.27. The highest BCUT2D eigenvalue weighted by molar-refractivity contribution is 7.92. The van der Waals surface area contributed by atoms with Gasteiger partial charge >= 0.3 is 0 Å². The van der Waals surface area contributed by atoms with E-state index in [1.165, 1.54) is 42.3 Å². The molecule has 0 fully saturated rings. The molecule has 0 aliphatic carbocycles. The predicted octanol–water partition coefficient (Wildman–Crippen LogP) is 5.50. The maximum atomic E-state index is 15.0. The number of carbonyl (C=O) groups is 2. The molecule has 0 radical (unpaired) electrons. The standard InChI is InChI=1S/C35H38FN3O5S/c1-25(2)37-35(41)32(22-27-12-6-5-7-13-27)38(23-28-14-8-9-15-30(28)36)34(40)24-39(31-16-10-11-17-33(31)44-4)45(42,43)29-20-18-26(3)19-21-29/h5-21,25,32H,22-24H2,1-4H3,(H,37,41)/t32-/m0/s1. The molecular weight excluding hydrogens is 593 g/mol. The first-order chi connectivity index (χ1) is 21.5. The number of ether oxygens (including phenoxy) is 1. The highest BCUT2D eigenvalue weighted by atomic mass is 32.2. The van der Waals surface area contributed by atoms with E-state index < -0.39 is 40.2 Å². The summed E-state index contributed by atoms with van der Waals surface area (Å²) in [6.45, 7) is 4.51. The summed E-state index contributed by atoms with van der Waals surface area (Å²) in [5.41, 5.74) is 1.98. The lowest BCUT2D eigenvalue weighted by atomic mass is 10.0. The number of methoxy groups -OCH3 is 1. The number of nitrogens with zero attached hydrogens (tertiary/aromatic N) is 2. The van der Waals surface area contributed by atoms with Crippen LogP contribution in [0.4, 0.5) is 10.1 Å². The molecule has 0 saturated heterocycles. The van der Waals surface area contributed by atoms with Gasteiger partial charge in [0.15, 0.2) is 0 Å². The summed E-state index contributed by atoms with van der Waals surface area (Å²) >= 11 is 0. The van der Waals surface area contributed by atoms with Crippen LogP contribution in [0.2, 0.25) is 0 Å². The topological polar surface area (TPSA) is 96.0 Å². The van der Waals surface area contributed by atoms with E-state index in [1.54, 1.807) is 56.3 Å². The Balaban J connectivity index is 1.84. The van der Waals surface area contributed by atoms with Crippen molar-refractivity contribution in [2.75, 3.05) is 18.0 Å². The summed E-state index contributed by atoms with van der Waals surface area (Å²) in [5.74, 6) is -1.45. The highest BCUT2D eigenvalue weighted by Gasteiger charge is 2.36. The number of amides is 2. The molecule has 45 heavy (non-hydrogen) atoms. The average molecular weight is 632 g/mol. The number of benzene rings is 4. The molecule has 2 amide bonds. The first kappa shape index (κ1) is 33.2. The average Bonchev–Trinajstić information content (AvgIpc) is 3.02. The Kier molecular flexibility index (Phi) is 11.0. The summed E-state index contributed by atoms with van der Waals surface area (Å²) in [6.07, 6.45) is 0.124. The van der Waals surface area contributed by atoms with Gasteiger partial charge in [-0.05, 0) is 56.7 Å². The molecule has 1 atom stereocenters. The molecule has 0 saturated carbocycles. The van der Waals surface area contributed by atoms with Gasteiger partial charge in [-0.15, -0.1) is 0 Å². The summed E-state index contributed by atoms with van der Waals surface area (Å²) in [6, 6.07) is 26.6. The molecular formula is C35H38FN3O5S. The minimum Gasteiger partial charge on any atom is -0.495 e. The van der Waals surface area contributed by atoms with E-state index in [2.05, 4.69) is 5.32 Å². The number of para-hydroxylation sites is 2. The fourth-order valence-corrected chi connectivity index (χ4v) is 6.36. The fourth-order valence-electron chi connectivity index (χ4n) is 4.93. The lowest BCUT2D eigenvalue weighted by molar-refractivity contribution is -0.140. The molecule has 4 rings (SSSR count). The number of hydrogen-bond donors (Lipinski definition) is 1. The van der Waals surface area contributed by atoms with Crippen LogP contribution >= 0.6 is 0 Å². The van der Waals surface area contributed by atoms with Crippen LogP contribution in [0.1, 0.15) is 30.5 Å². The monoisotopic (exact) mass is 631 g/mol. The van der Waals surface area contributed by atoms with E-state index in [4.69, 9.17) is 4.74 Å². The number of aryl methyl sites for hydroxylation is 1. The van der Waals surface area contributed by atoms with E-state index in [1.807, 2.05) is 37.3 Å². The molecule has 0 spiro atoms. The van der Waals surface area contributed by atoms with Gasteiger partial charge in [-0.25, -0.2) is 12.8 Å². The zero-order valence-electron chi connectivity index (χ0n) is 25.8. The molecule has 0 aliphatic heterocycles. The van der Waals surface area contributed by atoms with E-state index in [9.17, 15) is 18.0 Å². The molecule has 236 valence electrons. The number of carbonyl (C=O) groups excluding carboxylic acids is 2. The number of rotatable bonds is 13. The maximum Gasteiger partial charge on any atom is 0.264 e. The van der Waals surface area contributed by atoms with Crippen molar-refractivity contribution < 1.29 is 27.1 Å². The third-order valence-corrected chi connectivity index (χ3v) is 9.02. The third-order valence-electron chi connectivity index (χ3n) is 7.24. The Morgan fingerprint density at radius 2 is 1.49 bits per heavy atom. The zero-order chi connectivity index (χ0) is 32.6. The molecule has 8 nitrogen and oxygen atoms in total. The minimum absolute atomic E-state index is 0.0224. The highest BCUT2D eigenvalue weighted by Crippen LogP contribution is 2.33. The van der Waals surface area contributed by atoms with Crippen LogP contribution in [0.3, 0.4) is 0 Å². The number of sulfonamides is 1. The zero-order valence-corrected chi connectivity index (χ0v) is 26.6. The van der Waals surface area contributed by atoms with E-state index in [0.717, 1.165) is 15.4 Å². The molecule has 0 aliphatic rings. The van der Waals surface area contributed by atoms with Crippen LogP contribution in [0.5, 0.6) is 5.75 Å². The molecule has 0 aromatic heterocycles. The van der Waals surface area contributed by atoms with Gasteiger partial charge in [0.1, 0.15) is 24.2 Å². The van der Waals surface area contributed by atoms with Crippen LogP contribution in [0.15, 0.2) is 108 Å². The number of anilines is 1. The Labute approximate surface area is 264 Å². The Hall–Kier alpha value is -4.70. The van der Waals surface area contributed by atoms with Crippen molar-refractivity contribution in [3.05, 3.63) is 126 Å². The van der Waals surface area contributed by atoms with Crippen molar-refractivity contribution in [2.45, 2.75) is 50.7 Å². The van der Waals surface area contributed by atoms with Crippen LogP contribution in [-0.4, -0.2) is 50.9 Å². The van der Waals surface area contributed by atoms with Gasteiger partial charge < -0.3 is 15.0 Å². The second kappa shape index (κ2) is 14.9. The van der Waals surface area contributed by atoms with Crippen molar-refractivity contribution in [1.82, 2.24) is 10.2 Å². The molecule has 4 aromatic carbocycles. The van der Waals surface area contributed by atoms with Crippen molar-refractivity contribution in [3.63, 3.8) is 0 Å². The second-order valence-corrected chi connectivity index (χ2v) is 12.8. The van der Waals surface area contributed by atoms with Gasteiger partial charge in [0, 0.05) is 24.6 Å². The molecule has 4 aromatic rings. The maximum absolute atomic E-state index is 15.0. The van der Waals surface area contributed by atoms with Crippen molar-refractivity contribution in [3.8, 4) is 5.75 Å². The van der Waals surface area contributed by atoms with Crippen LogP contribution < -0.4 is 14.4 Å². The van der Waals surface area contributed by atoms with Crippen molar-refractivity contribution >= 4 is 27.5 Å². The van der Waals surface area contributed by atoms with E-state index in [0.29, 0.717) is 0 Å². The molecule has 1 N–H and O–H groups in total. The van der Waals surface area contributed by atoms with Gasteiger partial charge in [0.05, 0.1) is 17.7 Å². The number of hydrogen-bond acceptors (Lipinski definition) is 5. The molecule has 0 unspecified atom stereocenters. The Morgan fingerprint density at radius 3 is 2.13 bits per heavy atom. The minimum atomic E-state index is -4.31. The summed E-state index contributed by atoms with van der Waals surface area (Å²) in [7, 11) is -2.90.